The first-order valence-corrected chi connectivity index (χ1v) is 6.33. The zero-order chi connectivity index (χ0) is 13.8. The van der Waals surface area contributed by atoms with E-state index in [0.29, 0.717) is 29.7 Å². The molecular weight excluding hydrogens is 242 g/mol. The highest BCUT2D eigenvalue weighted by Crippen LogP contribution is 2.05. The van der Waals surface area contributed by atoms with Crippen LogP contribution in [0.5, 0.6) is 0 Å². The van der Waals surface area contributed by atoms with Crippen molar-refractivity contribution in [2.75, 3.05) is 6.54 Å². The highest BCUT2D eigenvalue weighted by Gasteiger charge is 2.07. The molecule has 0 bridgehead atoms. The summed E-state index contributed by atoms with van der Waals surface area (Å²) in [7, 11) is 0. The van der Waals surface area contributed by atoms with Crippen molar-refractivity contribution in [3.63, 3.8) is 0 Å². The van der Waals surface area contributed by atoms with Crippen molar-refractivity contribution >= 4 is 16.8 Å². The van der Waals surface area contributed by atoms with E-state index in [0.717, 1.165) is 0 Å². The van der Waals surface area contributed by atoms with Gasteiger partial charge in [-0.1, -0.05) is 26.0 Å². The SMILES string of the molecule is CC(C)C(=O)NCCc1nc2ccccc2c(=O)[nH]1. The van der Waals surface area contributed by atoms with Crippen LogP contribution in [-0.4, -0.2) is 22.4 Å². The molecule has 100 valence electrons. The summed E-state index contributed by atoms with van der Waals surface area (Å²) in [5.41, 5.74) is 0.534. The Morgan fingerprint density at radius 3 is 2.84 bits per heavy atom. The number of amides is 1. The number of nitrogens with one attached hydrogen (secondary N) is 2. The number of aromatic amines is 1. The molecule has 0 aliphatic rings. The Morgan fingerprint density at radius 1 is 1.37 bits per heavy atom. The van der Waals surface area contributed by atoms with Crippen LogP contribution in [0.2, 0.25) is 0 Å². The van der Waals surface area contributed by atoms with Gasteiger partial charge in [-0.15, -0.1) is 0 Å². The van der Waals surface area contributed by atoms with Gasteiger partial charge in [0.1, 0.15) is 5.82 Å². The predicted octanol–water partition coefficient (Wildman–Crippen LogP) is 1.24. The number of hydrogen-bond acceptors (Lipinski definition) is 3. The molecule has 0 radical (unpaired) electrons. The van der Waals surface area contributed by atoms with E-state index in [1.165, 1.54) is 0 Å². The van der Waals surface area contributed by atoms with Gasteiger partial charge in [-0.2, -0.15) is 0 Å². The third-order valence-corrected chi connectivity index (χ3v) is 2.85. The molecule has 1 heterocycles. The Labute approximate surface area is 111 Å². The first-order valence-electron chi connectivity index (χ1n) is 6.33. The lowest BCUT2D eigenvalue weighted by Crippen LogP contribution is -2.30. The third-order valence-electron chi connectivity index (χ3n) is 2.85. The molecule has 0 atom stereocenters. The van der Waals surface area contributed by atoms with Crippen molar-refractivity contribution in [2.24, 2.45) is 5.92 Å². The monoisotopic (exact) mass is 259 g/mol. The molecule has 2 rings (SSSR count). The molecule has 2 aromatic rings. The average Bonchev–Trinajstić information content (AvgIpc) is 2.38. The van der Waals surface area contributed by atoms with E-state index in [-0.39, 0.29) is 17.4 Å². The van der Waals surface area contributed by atoms with Crippen molar-refractivity contribution in [1.29, 1.82) is 0 Å². The predicted molar refractivity (Wildman–Crippen MR) is 73.9 cm³/mol. The largest absolute Gasteiger partial charge is 0.355 e. The Balaban J connectivity index is 2.10. The van der Waals surface area contributed by atoms with Gasteiger partial charge >= 0.3 is 0 Å². The van der Waals surface area contributed by atoms with E-state index >= 15 is 0 Å². The zero-order valence-electron chi connectivity index (χ0n) is 11.1. The summed E-state index contributed by atoms with van der Waals surface area (Å²) in [6, 6.07) is 7.20. The van der Waals surface area contributed by atoms with Crippen LogP contribution < -0.4 is 10.9 Å². The molecule has 0 spiro atoms. The molecule has 1 amide bonds. The van der Waals surface area contributed by atoms with Gasteiger partial charge in [-0.25, -0.2) is 4.98 Å². The summed E-state index contributed by atoms with van der Waals surface area (Å²) in [6.45, 7) is 4.15. The van der Waals surface area contributed by atoms with Crippen molar-refractivity contribution in [3.8, 4) is 0 Å². The van der Waals surface area contributed by atoms with E-state index in [9.17, 15) is 9.59 Å². The lowest BCUT2D eigenvalue weighted by atomic mass is 10.2. The Hall–Kier alpha value is -2.17. The Morgan fingerprint density at radius 2 is 2.11 bits per heavy atom. The molecule has 1 aromatic heterocycles. The van der Waals surface area contributed by atoms with E-state index in [1.807, 2.05) is 26.0 Å². The summed E-state index contributed by atoms with van der Waals surface area (Å²) in [5.74, 6) is 0.555. The molecule has 2 N–H and O–H groups in total. The van der Waals surface area contributed by atoms with Crippen molar-refractivity contribution < 1.29 is 4.79 Å². The van der Waals surface area contributed by atoms with Crippen molar-refractivity contribution in [2.45, 2.75) is 20.3 Å². The number of rotatable bonds is 4. The summed E-state index contributed by atoms with van der Waals surface area (Å²) in [5, 5.41) is 3.38. The maximum atomic E-state index is 11.8. The van der Waals surface area contributed by atoms with E-state index in [4.69, 9.17) is 0 Å². The van der Waals surface area contributed by atoms with Gasteiger partial charge in [0.15, 0.2) is 0 Å². The number of fused-ring (bicyclic) bond motifs is 1. The van der Waals surface area contributed by atoms with Crippen LogP contribution in [0.25, 0.3) is 10.9 Å². The summed E-state index contributed by atoms with van der Waals surface area (Å²) < 4.78 is 0. The summed E-state index contributed by atoms with van der Waals surface area (Å²) in [6.07, 6.45) is 0.512. The maximum absolute atomic E-state index is 11.8. The smallest absolute Gasteiger partial charge is 0.258 e. The fourth-order valence-electron chi connectivity index (χ4n) is 1.76. The molecular formula is C14H17N3O2. The summed E-state index contributed by atoms with van der Waals surface area (Å²) >= 11 is 0. The number of para-hydroxylation sites is 1. The molecule has 0 unspecified atom stereocenters. The second kappa shape index (κ2) is 5.65. The van der Waals surface area contributed by atoms with Crippen molar-refractivity contribution in [1.82, 2.24) is 15.3 Å². The van der Waals surface area contributed by atoms with E-state index in [2.05, 4.69) is 15.3 Å². The minimum absolute atomic E-state index is 0.00290. The molecule has 1 aromatic carbocycles. The maximum Gasteiger partial charge on any atom is 0.258 e. The number of H-pyrrole nitrogens is 1. The number of carbonyl (C=O) groups is 1. The van der Waals surface area contributed by atoms with Crippen molar-refractivity contribution in [3.05, 3.63) is 40.4 Å². The van der Waals surface area contributed by atoms with Gasteiger partial charge < -0.3 is 10.3 Å². The summed E-state index contributed by atoms with van der Waals surface area (Å²) in [4.78, 5) is 30.3. The Kier molecular flexibility index (Phi) is 3.94. The molecule has 0 saturated carbocycles. The normalized spacial score (nSPS) is 10.9. The minimum Gasteiger partial charge on any atom is -0.355 e. The standard InChI is InChI=1S/C14H17N3O2/c1-9(2)13(18)15-8-7-12-16-11-6-4-3-5-10(11)14(19)17-12/h3-6,9H,7-8H2,1-2H3,(H,15,18)(H,16,17,19). The molecule has 5 nitrogen and oxygen atoms in total. The molecule has 0 aliphatic heterocycles. The second-order valence-electron chi connectivity index (χ2n) is 4.73. The van der Waals surface area contributed by atoms with Crippen LogP contribution >= 0.6 is 0 Å². The fraction of sp³-hybridized carbons (Fsp3) is 0.357. The van der Waals surface area contributed by atoms with Crippen LogP contribution in [0.3, 0.4) is 0 Å². The first kappa shape index (κ1) is 13.3. The van der Waals surface area contributed by atoms with Gasteiger partial charge in [-0.3, -0.25) is 9.59 Å². The highest BCUT2D eigenvalue weighted by atomic mass is 16.1. The average molecular weight is 259 g/mol. The van der Waals surface area contributed by atoms with Crippen LogP contribution in [0, 0.1) is 5.92 Å². The van der Waals surface area contributed by atoms with Gasteiger partial charge in [0, 0.05) is 18.9 Å². The number of benzene rings is 1. The van der Waals surface area contributed by atoms with Gasteiger partial charge in [0.05, 0.1) is 10.9 Å². The molecule has 19 heavy (non-hydrogen) atoms. The number of carbonyl (C=O) groups excluding carboxylic acids is 1. The lowest BCUT2D eigenvalue weighted by Gasteiger charge is -2.07. The van der Waals surface area contributed by atoms with Gasteiger partial charge in [-0.05, 0) is 12.1 Å². The topological polar surface area (TPSA) is 74.8 Å². The quantitative estimate of drug-likeness (QED) is 0.867. The zero-order valence-corrected chi connectivity index (χ0v) is 11.1. The van der Waals surface area contributed by atoms with Crippen LogP contribution in [0.4, 0.5) is 0 Å². The Bertz CT molecular complexity index is 646. The third kappa shape index (κ3) is 3.19. The lowest BCUT2D eigenvalue weighted by molar-refractivity contribution is -0.123. The van der Waals surface area contributed by atoms with Crippen LogP contribution in [-0.2, 0) is 11.2 Å². The molecule has 5 heteroatoms. The molecule has 0 fully saturated rings. The van der Waals surface area contributed by atoms with Gasteiger partial charge in [0.25, 0.3) is 5.56 Å². The highest BCUT2D eigenvalue weighted by molar-refractivity contribution is 5.78. The van der Waals surface area contributed by atoms with Crippen LogP contribution in [0.15, 0.2) is 29.1 Å². The van der Waals surface area contributed by atoms with Crippen LogP contribution in [0.1, 0.15) is 19.7 Å². The molecule has 0 saturated heterocycles. The number of hydrogen-bond donors (Lipinski definition) is 2. The van der Waals surface area contributed by atoms with E-state index < -0.39 is 0 Å². The number of nitrogens with zero attached hydrogens (tertiary/aromatic N) is 1. The number of aromatic nitrogens is 2. The fourth-order valence-corrected chi connectivity index (χ4v) is 1.76. The second-order valence-corrected chi connectivity index (χ2v) is 4.73. The van der Waals surface area contributed by atoms with Gasteiger partial charge in [0.2, 0.25) is 5.91 Å². The molecule has 0 aliphatic carbocycles. The van der Waals surface area contributed by atoms with E-state index in [1.54, 1.807) is 12.1 Å². The first-order chi connectivity index (χ1) is 9.08. The minimum atomic E-state index is -0.143.